The van der Waals surface area contributed by atoms with Gasteiger partial charge in [-0.25, -0.2) is 4.79 Å². The lowest BCUT2D eigenvalue weighted by Gasteiger charge is -2.28. The van der Waals surface area contributed by atoms with Crippen LogP contribution in [0.15, 0.2) is 29.3 Å². The average Bonchev–Trinajstić information content (AvgIpc) is 2.67. The molecule has 33 heavy (non-hydrogen) atoms. The van der Waals surface area contributed by atoms with Gasteiger partial charge in [0.25, 0.3) is 0 Å². The van der Waals surface area contributed by atoms with E-state index in [1.165, 1.54) is 12.5 Å². The Bertz CT molecular complexity index is 760. The quantitative estimate of drug-likeness (QED) is 0.233. The Kier molecular flexibility index (Phi) is 14.1. The molecule has 0 bridgehead atoms. The highest BCUT2D eigenvalue weighted by Gasteiger charge is 2.22. The molecule has 1 rings (SSSR count). The van der Waals surface area contributed by atoms with E-state index < -0.39 is 5.60 Å². The first-order chi connectivity index (χ1) is 14.9. The molecule has 0 radical (unpaired) electrons. The summed E-state index contributed by atoms with van der Waals surface area (Å²) < 4.78 is 5.39. The third-order valence-electron chi connectivity index (χ3n) is 4.83. The number of amides is 2. The van der Waals surface area contributed by atoms with Crippen LogP contribution in [0.25, 0.3) is 0 Å². The molecule has 8 nitrogen and oxygen atoms in total. The van der Waals surface area contributed by atoms with Gasteiger partial charge in [0.05, 0.1) is 0 Å². The molecule has 0 aromatic heterocycles. The minimum absolute atomic E-state index is 0. The van der Waals surface area contributed by atoms with Crippen molar-refractivity contribution in [3.63, 3.8) is 0 Å². The lowest BCUT2D eigenvalue weighted by molar-refractivity contribution is -0.114. The summed E-state index contributed by atoms with van der Waals surface area (Å²) in [4.78, 5) is 29.7. The Morgan fingerprint density at radius 2 is 1.76 bits per heavy atom. The van der Waals surface area contributed by atoms with Gasteiger partial charge >= 0.3 is 6.09 Å². The van der Waals surface area contributed by atoms with Crippen molar-refractivity contribution in [3.8, 4) is 0 Å². The Morgan fingerprint density at radius 1 is 1.15 bits per heavy atom. The zero-order chi connectivity index (χ0) is 24.3. The second-order valence-electron chi connectivity index (χ2n) is 9.31. The summed E-state index contributed by atoms with van der Waals surface area (Å²) in [6.07, 6.45) is 1.23. The van der Waals surface area contributed by atoms with E-state index in [1.807, 2.05) is 52.1 Å². The van der Waals surface area contributed by atoms with E-state index in [4.69, 9.17) is 4.74 Å². The molecule has 0 aliphatic rings. The van der Waals surface area contributed by atoms with E-state index in [2.05, 4.69) is 39.7 Å². The largest absolute Gasteiger partial charge is 0.444 e. The van der Waals surface area contributed by atoms with Gasteiger partial charge in [-0.1, -0.05) is 26.0 Å². The fraction of sp³-hybridized carbons (Fsp3) is 0.625. The molecule has 1 aromatic carbocycles. The first-order valence-corrected chi connectivity index (χ1v) is 11.2. The monoisotopic (exact) mass is 575 g/mol. The molecule has 2 amide bonds. The molecule has 0 saturated carbocycles. The maximum Gasteiger partial charge on any atom is 0.407 e. The summed E-state index contributed by atoms with van der Waals surface area (Å²) in [7, 11) is 3.75. The normalized spacial score (nSPS) is 12.5. The molecular formula is C24H42IN5O3. The van der Waals surface area contributed by atoms with Gasteiger partial charge in [-0.2, -0.15) is 0 Å². The third-order valence-corrected chi connectivity index (χ3v) is 4.83. The van der Waals surface area contributed by atoms with Crippen LogP contribution >= 0.6 is 24.0 Å². The summed E-state index contributed by atoms with van der Waals surface area (Å²) in [5.41, 5.74) is 1.45. The van der Waals surface area contributed by atoms with Gasteiger partial charge in [0.15, 0.2) is 5.96 Å². The lowest BCUT2D eigenvalue weighted by atomic mass is 10.0. The number of aliphatic imine (C=N–C) groups is 1. The first-order valence-electron chi connectivity index (χ1n) is 11.2. The molecule has 0 fully saturated rings. The highest BCUT2D eigenvalue weighted by Crippen LogP contribution is 2.12. The predicted octanol–water partition coefficient (Wildman–Crippen LogP) is 4.25. The number of carbonyl (C=O) groups excluding carboxylic acids is 2. The molecule has 1 atom stereocenters. The molecule has 0 spiro atoms. The Labute approximate surface area is 216 Å². The molecule has 0 aliphatic heterocycles. The number of nitrogens with zero attached hydrogens (tertiary/aromatic N) is 2. The van der Waals surface area contributed by atoms with Crippen molar-refractivity contribution in [2.45, 2.75) is 66.0 Å². The van der Waals surface area contributed by atoms with Crippen LogP contribution in [0.4, 0.5) is 10.5 Å². The maximum absolute atomic E-state index is 12.2. The summed E-state index contributed by atoms with van der Waals surface area (Å²) in [5, 5.41) is 9.14. The van der Waals surface area contributed by atoms with E-state index in [9.17, 15) is 9.59 Å². The van der Waals surface area contributed by atoms with Crippen molar-refractivity contribution in [1.82, 2.24) is 15.5 Å². The van der Waals surface area contributed by atoms with Gasteiger partial charge < -0.3 is 25.6 Å². The molecular weight excluding hydrogens is 533 g/mol. The van der Waals surface area contributed by atoms with E-state index in [-0.39, 0.29) is 47.9 Å². The van der Waals surface area contributed by atoms with Crippen LogP contribution in [-0.4, -0.2) is 61.7 Å². The van der Waals surface area contributed by atoms with Crippen LogP contribution in [0.1, 0.15) is 53.5 Å². The number of alkyl carbamates (subject to hydrolysis) is 1. The molecule has 0 saturated heterocycles. The number of halogens is 1. The number of ether oxygens (including phenoxy) is 1. The van der Waals surface area contributed by atoms with E-state index >= 15 is 0 Å². The summed E-state index contributed by atoms with van der Waals surface area (Å²) in [6, 6.07) is 7.83. The van der Waals surface area contributed by atoms with Crippen LogP contribution in [0.2, 0.25) is 0 Å². The maximum atomic E-state index is 12.2. The number of anilines is 1. The van der Waals surface area contributed by atoms with Crippen LogP contribution in [-0.2, 0) is 16.0 Å². The topological polar surface area (TPSA) is 95.1 Å². The molecule has 0 heterocycles. The minimum atomic E-state index is -0.515. The number of nitrogens with one attached hydrogen (secondary N) is 3. The van der Waals surface area contributed by atoms with E-state index in [0.717, 1.165) is 37.6 Å². The SMILES string of the molecule is CN=C(NCCc1ccc(NC(C)=O)cc1)N(C)CCC(NC(=O)OC(C)(C)C)C(C)C.I. The molecule has 0 aliphatic carbocycles. The van der Waals surface area contributed by atoms with Crippen molar-refractivity contribution in [1.29, 1.82) is 0 Å². The minimum Gasteiger partial charge on any atom is -0.444 e. The van der Waals surface area contributed by atoms with Crippen molar-refractivity contribution in [2.24, 2.45) is 10.9 Å². The van der Waals surface area contributed by atoms with Crippen LogP contribution in [0, 0.1) is 5.92 Å². The molecule has 9 heteroatoms. The van der Waals surface area contributed by atoms with Crippen LogP contribution in [0.5, 0.6) is 0 Å². The van der Waals surface area contributed by atoms with Gasteiger partial charge in [0.2, 0.25) is 5.91 Å². The summed E-state index contributed by atoms with van der Waals surface area (Å²) in [5.74, 6) is 1.01. The number of carbonyl (C=O) groups is 2. The van der Waals surface area contributed by atoms with E-state index in [0.29, 0.717) is 0 Å². The van der Waals surface area contributed by atoms with Gasteiger partial charge in [0.1, 0.15) is 5.60 Å². The van der Waals surface area contributed by atoms with Gasteiger partial charge in [-0.05, 0) is 57.2 Å². The average molecular weight is 576 g/mol. The fourth-order valence-electron chi connectivity index (χ4n) is 3.13. The zero-order valence-electron chi connectivity index (χ0n) is 21.3. The van der Waals surface area contributed by atoms with Gasteiger partial charge in [0, 0.05) is 45.8 Å². The zero-order valence-corrected chi connectivity index (χ0v) is 23.7. The number of hydrogen-bond acceptors (Lipinski definition) is 4. The number of hydrogen-bond donors (Lipinski definition) is 3. The van der Waals surface area contributed by atoms with Gasteiger partial charge in [-0.3, -0.25) is 9.79 Å². The van der Waals surface area contributed by atoms with E-state index in [1.54, 1.807) is 7.05 Å². The standard InChI is InChI=1S/C24H41N5O3.HI/c1-17(2)21(28-23(31)32-24(4,5)6)14-16-29(8)22(25-7)26-15-13-19-9-11-20(12-10-19)27-18(3)30;/h9-12,17,21H,13-16H2,1-8H3,(H,25,26)(H,27,30)(H,28,31);1H. The third kappa shape index (κ3) is 13.3. The Hall–Kier alpha value is -2.04. The molecule has 3 N–H and O–H groups in total. The molecule has 188 valence electrons. The van der Waals surface area contributed by atoms with Crippen LogP contribution < -0.4 is 16.0 Å². The molecule has 1 aromatic rings. The number of benzene rings is 1. The highest BCUT2D eigenvalue weighted by molar-refractivity contribution is 14.0. The summed E-state index contributed by atoms with van der Waals surface area (Å²) in [6.45, 7) is 12.7. The summed E-state index contributed by atoms with van der Waals surface area (Å²) >= 11 is 0. The Morgan fingerprint density at radius 3 is 2.24 bits per heavy atom. The van der Waals surface area contributed by atoms with Crippen molar-refractivity contribution < 1.29 is 14.3 Å². The first kappa shape index (κ1) is 31.0. The lowest BCUT2D eigenvalue weighted by Crippen LogP contribution is -2.45. The molecule has 1 unspecified atom stereocenters. The fourth-order valence-corrected chi connectivity index (χ4v) is 3.13. The number of guanidine groups is 1. The van der Waals surface area contributed by atoms with Crippen molar-refractivity contribution in [2.75, 3.05) is 32.5 Å². The van der Waals surface area contributed by atoms with Gasteiger partial charge in [-0.15, -0.1) is 24.0 Å². The Balaban J connectivity index is 0.0000102. The predicted molar refractivity (Wildman–Crippen MR) is 146 cm³/mol. The van der Waals surface area contributed by atoms with Crippen LogP contribution in [0.3, 0.4) is 0 Å². The van der Waals surface area contributed by atoms with Crippen molar-refractivity contribution >= 4 is 47.6 Å². The van der Waals surface area contributed by atoms with Crippen molar-refractivity contribution in [3.05, 3.63) is 29.8 Å². The smallest absolute Gasteiger partial charge is 0.407 e. The second-order valence-corrected chi connectivity index (χ2v) is 9.31. The second kappa shape index (κ2) is 15.0. The number of rotatable bonds is 9. The highest BCUT2D eigenvalue weighted by atomic mass is 127.